The Morgan fingerprint density at radius 3 is 2.26 bits per heavy atom. The fourth-order valence-corrected chi connectivity index (χ4v) is 8.86. The van der Waals surface area contributed by atoms with E-state index in [4.69, 9.17) is 44.3 Å². The van der Waals surface area contributed by atoms with E-state index in [1.807, 2.05) is 6.08 Å². The zero-order valence-corrected chi connectivity index (χ0v) is 30.4. The van der Waals surface area contributed by atoms with Crippen LogP contribution in [0, 0.1) is 5.92 Å². The molecule has 5 aromatic rings. The smallest absolute Gasteiger partial charge is 0.352 e. The normalized spacial score (nSPS) is 21.8. The molecule has 4 atom stereocenters. The van der Waals surface area contributed by atoms with Crippen molar-refractivity contribution in [3.8, 4) is 22.9 Å². The van der Waals surface area contributed by atoms with E-state index in [1.165, 1.54) is 35.7 Å². The lowest BCUT2D eigenvalue weighted by Crippen LogP contribution is -2.53. The van der Waals surface area contributed by atoms with E-state index in [0.717, 1.165) is 9.58 Å². The summed E-state index contributed by atoms with van der Waals surface area (Å²) in [4.78, 5) is 58.5. The molecule has 2 fully saturated rings. The third-order valence-electron chi connectivity index (χ3n) is 10.5. The molecule has 1 saturated carbocycles. The Hall–Kier alpha value is -5.43. The van der Waals surface area contributed by atoms with Crippen molar-refractivity contribution in [2.75, 3.05) is 19.6 Å². The summed E-state index contributed by atoms with van der Waals surface area (Å²) >= 11 is 19.3. The molecule has 15 heteroatoms. The molecule has 3 aliphatic rings. The molecule has 0 spiro atoms. The van der Waals surface area contributed by atoms with Gasteiger partial charge in [-0.2, -0.15) is 5.01 Å². The molecule has 4 aromatic carbocycles. The number of methoxy groups -OCH3 is 2. The average Bonchev–Trinajstić information content (AvgIpc) is 3.54. The number of benzene rings is 4. The highest BCUT2D eigenvalue weighted by Crippen LogP contribution is 2.62. The molecule has 2 N–H and O–H groups in total. The van der Waals surface area contributed by atoms with Crippen molar-refractivity contribution in [3.05, 3.63) is 144 Å². The number of carbonyl (C=O) groups is 2. The lowest BCUT2D eigenvalue weighted by atomic mass is 9.53. The lowest BCUT2D eigenvalue weighted by molar-refractivity contribution is -0.138. The number of nitrogens with zero attached hydrogens (tertiary/aromatic N) is 4. The monoisotopic (exact) mass is 773 g/mol. The molecule has 2 amide bonds. The summed E-state index contributed by atoms with van der Waals surface area (Å²) in [5, 5.41) is 12.2. The number of anilines is 1. The van der Waals surface area contributed by atoms with Gasteiger partial charge in [-0.3, -0.25) is 15.0 Å². The molecule has 53 heavy (non-hydrogen) atoms. The van der Waals surface area contributed by atoms with Gasteiger partial charge in [0, 0.05) is 10.9 Å². The van der Waals surface area contributed by atoms with E-state index >= 15 is 4.79 Å². The van der Waals surface area contributed by atoms with Crippen molar-refractivity contribution >= 4 is 52.3 Å². The number of nitrogens with one attached hydrogen (secondary N) is 1. The molecule has 8 rings (SSSR count). The van der Waals surface area contributed by atoms with Gasteiger partial charge in [0.1, 0.15) is 5.75 Å². The van der Waals surface area contributed by atoms with Crippen LogP contribution in [0.1, 0.15) is 29.5 Å². The number of para-hydroxylation sites is 1. The Morgan fingerprint density at radius 1 is 0.849 bits per heavy atom. The molecule has 1 aliphatic carbocycles. The topological polar surface area (TPSA) is 137 Å². The van der Waals surface area contributed by atoms with Crippen LogP contribution in [0.4, 0.5) is 5.69 Å². The molecule has 1 saturated heterocycles. The molecule has 3 heterocycles. The largest absolute Gasteiger partial charge is 0.503 e. The highest BCUT2D eigenvalue weighted by molar-refractivity contribution is 6.36. The maximum atomic E-state index is 15.4. The van der Waals surface area contributed by atoms with Crippen LogP contribution in [0.5, 0.6) is 17.2 Å². The van der Waals surface area contributed by atoms with Gasteiger partial charge < -0.3 is 14.6 Å². The molecule has 4 unspecified atom stereocenters. The van der Waals surface area contributed by atoms with Gasteiger partial charge in [0.05, 0.1) is 59.6 Å². The minimum absolute atomic E-state index is 0.00691. The first-order valence-corrected chi connectivity index (χ1v) is 17.6. The van der Waals surface area contributed by atoms with Gasteiger partial charge in [-0.25, -0.2) is 23.5 Å². The van der Waals surface area contributed by atoms with Gasteiger partial charge in [-0.15, -0.1) is 0 Å². The minimum Gasteiger partial charge on any atom is -0.503 e. The van der Waals surface area contributed by atoms with E-state index in [0.29, 0.717) is 33.2 Å². The zero-order valence-electron chi connectivity index (χ0n) is 28.1. The van der Waals surface area contributed by atoms with Crippen LogP contribution < -0.4 is 26.3 Å². The number of hydrazine groups is 1. The van der Waals surface area contributed by atoms with Crippen LogP contribution in [0.25, 0.3) is 5.69 Å². The number of allylic oxidation sites excluding steroid dienone is 2. The summed E-state index contributed by atoms with van der Waals surface area (Å²) in [6.45, 7) is -0.00691. The Bertz CT molecular complexity index is 2480. The van der Waals surface area contributed by atoms with Crippen LogP contribution >= 0.6 is 34.8 Å². The van der Waals surface area contributed by atoms with Crippen LogP contribution in [0.15, 0.2) is 106 Å². The van der Waals surface area contributed by atoms with E-state index < -0.39 is 46.5 Å². The van der Waals surface area contributed by atoms with Crippen LogP contribution in [-0.2, 0) is 21.5 Å². The second-order valence-electron chi connectivity index (χ2n) is 13.0. The Labute approximate surface area is 316 Å². The summed E-state index contributed by atoms with van der Waals surface area (Å²) in [5.74, 6) is -3.03. The second-order valence-corrected chi connectivity index (χ2v) is 14.2. The maximum Gasteiger partial charge on any atom is 0.352 e. The van der Waals surface area contributed by atoms with Crippen molar-refractivity contribution in [2.24, 2.45) is 5.92 Å². The molecule has 1 aromatic heterocycles. The predicted octanol–water partition coefficient (Wildman–Crippen LogP) is 6.10. The summed E-state index contributed by atoms with van der Waals surface area (Å²) in [6.07, 6.45) is 1.79. The number of hydrogen-bond donors (Lipinski definition) is 2. The summed E-state index contributed by atoms with van der Waals surface area (Å²) in [6, 6.07) is 22.3. The number of fused-ring (bicyclic) bond motifs is 4. The first-order chi connectivity index (χ1) is 25.5. The number of aromatic hydroxyl groups is 1. The molecular weight excluding hydrogens is 745 g/mol. The number of rotatable bonds is 7. The fraction of sp³-hybridized carbons (Fsp3) is 0.211. The Morgan fingerprint density at radius 2 is 1.58 bits per heavy atom. The van der Waals surface area contributed by atoms with Crippen molar-refractivity contribution in [2.45, 2.75) is 30.3 Å². The second kappa shape index (κ2) is 12.9. The van der Waals surface area contributed by atoms with E-state index in [-0.39, 0.29) is 40.2 Å². The molecular formula is C38H30Cl3N5O7. The van der Waals surface area contributed by atoms with Crippen LogP contribution in [0.3, 0.4) is 0 Å². The lowest BCUT2D eigenvalue weighted by Gasteiger charge is -2.49. The van der Waals surface area contributed by atoms with Gasteiger partial charge in [-0.1, -0.05) is 71.2 Å². The van der Waals surface area contributed by atoms with Crippen LogP contribution in [-0.4, -0.2) is 50.1 Å². The van der Waals surface area contributed by atoms with Gasteiger partial charge in [0.15, 0.2) is 11.5 Å². The zero-order chi connectivity index (χ0) is 37.3. The third-order valence-corrected chi connectivity index (χ3v) is 11.3. The van der Waals surface area contributed by atoms with Gasteiger partial charge in [-0.05, 0) is 77.7 Å². The number of carbonyl (C=O) groups excluding carboxylic acids is 2. The molecule has 0 bridgehead atoms. The van der Waals surface area contributed by atoms with E-state index in [9.17, 15) is 19.5 Å². The van der Waals surface area contributed by atoms with Gasteiger partial charge >= 0.3 is 11.4 Å². The summed E-state index contributed by atoms with van der Waals surface area (Å²) < 4.78 is 14.8. The number of hydrogen-bond acceptors (Lipinski definition) is 8. The standard InChI is InChI=1S/C38H30Cl3N5O7/c1-52-24-11-8-21(9-12-24)38-26(34(48)45(35(38)49)42-29-13-10-22(39)18-27(29)40)19-30-25(32(38)20-16-28(41)33(47)31(17-20)53-2)14-15-43-36(50)44(37(51)46(30)43)23-6-4-3-5-7-23/h3-14,16-18,26,30,32,42,47H,15,19H2,1-2H3. The Kier molecular flexibility index (Phi) is 8.44. The fourth-order valence-electron chi connectivity index (χ4n) is 8.19. The first kappa shape index (κ1) is 34.6. The third kappa shape index (κ3) is 5.11. The van der Waals surface area contributed by atoms with Crippen molar-refractivity contribution < 1.29 is 24.2 Å². The SMILES string of the molecule is COc1ccc(C23C(=O)N(Nc4ccc(Cl)cc4Cl)C(=O)C2CC2C(=CCn4c(=O)n(-c5ccccc5)c(=O)n42)C3c2cc(Cl)c(O)c(OC)c2)cc1. The van der Waals surface area contributed by atoms with Crippen molar-refractivity contribution in [1.29, 1.82) is 0 Å². The summed E-state index contributed by atoms with van der Waals surface area (Å²) in [5.41, 5.74) is 2.30. The number of phenolic OH excluding ortho intramolecular Hbond substituents is 1. The number of amides is 2. The molecule has 2 aliphatic heterocycles. The minimum atomic E-state index is -1.66. The number of halogens is 3. The maximum absolute atomic E-state index is 15.4. The average molecular weight is 775 g/mol. The number of aromatic nitrogens is 3. The van der Waals surface area contributed by atoms with Gasteiger partial charge in [0.25, 0.3) is 11.8 Å². The first-order valence-electron chi connectivity index (χ1n) is 16.5. The molecule has 0 radical (unpaired) electrons. The molecule has 270 valence electrons. The van der Waals surface area contributed by atoms with Gasteiger partial charge in [0.2, 0.25) is 0 Å². The van der Waals surface area contributed by atoms with Crippen molar-refractivity contribution in [3.63, 3.8) is 0 Å². The number of imide groups is 1. The van der Waals surface area contributed by atoms with E-state index in [2.05, 4.69) is 5.43 Å². The number of ether oxygens (including phenoxy) is 2. The number of phenols is 1. The molecule has 12 nitrogen and oxygen atoms in total. The summed E-state index contributed by atoms with van der Waals surface area (Å²) in [7, 11) is 2.89. The predicted molar refractivity (Wildman–Crippen MR) is 199 cm³/mol. The quantitative estimate of drug-likeness (QED) is 0.150. The van der Waals surface area contributed by atoms with Crippen LogP contribution in [0.2, 0.25) is 15.1 Å². The van der Waals surface area contributed by atoms with E-state index in [1.54, 1.807) is 72.8 Å². The highest BCUT2D eigenvalue weighted by atomic mass is 35.5. The highest BCUT2D eigenvalue weighted by Gasteiger charge is 2.69. The Balaban J connectivity index is 1.41. The van der Waals surface area contributed by atoms with Crippen molar-refractivity contribution in [1.82, 2.24) is 18.9 Å².